The monoisotopic (exact) mass is 204 g/mol. The van der Waals surface area contributed by atoms with E-state index < -0.39 is 5.97 Å². The smallest absolute Gasteiger partial charge is 0.337 e. The van der Waals surface area contributed by atoms with Crippen molar-refractivity contribution in [2.24, 2.45) is 0 Å². The number of rotatable bonds is 1. The van der Waals surface area contributed by atoms with E-state index in [9.17, 15) is 4.79 Å². The molecule has 0 atom stereocenters. The van der Waals surface area contributed by atoms with Crippen molar-refractivity contribution >= 4 is 5.97 Å². The van der Waals surface area contributed by atoms with Gasteiger partial charge in [0.25, 0.3) is 0 Å². The second kappa shape index (κ2) is 6.14. The number of aromatic nitrogens is 4. The van der Waals surface area contributed by atoms with E-state index in [-0.39, 0.29) is 5.56 Å². The van der Waals surface area contributed by atoms with Crippen LogP contribution in [0.5, 0.6) is 0 Å². The normalized spacial score (nSPS) is 8.53. The SMILES string of the molecule is O=C(O)c1cccnc1.c1ncncn1. The highest BCUT2D eigenvalue weighted by atomic mass is 16.4. The van der Waals surface area contributed by atoms with Gasteiger partial charge >= 0.3 is 5.97 Å². The van der Waals surface area contributed by atoms with Gasteiger partial charge in [-0.2, -0.15) is 0 Å². The molecule has 2 rings (SSSR count). The lowest BCUT2D eigenvalue weighted by atomic mass is 10.3. The molecule has 0 radical (unpaired) electrons. The topological polar surface area (TPSA) is 88.9 Å². The fraction of sp³-hybridized carbons (Fsp3) is 0. The maximum atomic E-state index is 10.2. The van der Waals surface area contributed by atoms with Crippen LogP contribution in [-0.2, 0) is 0 Å². The zero-order valence-corrected chi connectivity index (χ0v) is 7.69. The van der Waals surface area contributed by atoms with Gasteiger partial charge in [-0.05, 0) is 12.1 Å². The van der Waals surface area contributed by atoms with E-state index in [2.05, 4.69) is 19.9 Å². The van der Waals surface area contributed by atoms with E-state index in [1.807, 2.05) is 0 Å². The van der Waals surface area contributed by atoms with Crippen molar-refractivity contribution < 1.29 is 9.90 Å². The lowest BCUT2D eigenvalue weighted by Crippen LogP contribution is -1.94. The van der Waals surface area contributed by atoms with Crippen LogP contribution in [0.4, 0.5) is 0 Å². The number of hydrogen-bond donors (Lipinski definition) is 1. The molecule has 0 spiro atoms. The number of pyridine rings is 1. The van der Waals surface area contributed by atoms with Gasteiger partial charge in [-0.15, -0.1) is 0 Å². The summed E-state index contributed by atoms with van der Waals surface area (Å²) in [5, 5.41) is 8.34. The maximum Gasteiger partial charge on any atom is 0.337 e. The third kappa shape index (κ3) is 4.41. The molecule has 1 N–H and O–H groups in total. The van der Waals surface area contributed by atoms with E-state index in [1.165, 1.54) is 37.4 Å². The average Bonchev–Trinajstić information content (AvgIpc) is 2.33. The van der Waals surface area contributed by atoms with Gasteiger partial charge in [-0.1, -0.05) is 0 Å². The van der Waals surface area contributed by atoms with Crippen LogP contribution in [0.1, 0.15) is 10.4 Å². The number of carbonyl (C=O) groups is 1. The highest BCUT2D eigenvalue weighted by molar-refractivity contribution is 5.86. The van der Waals surface area contributed by atoms with Crippen molar-refractivity contribution in [3.8, 4) is 0 Å². The molecule has 0 saturated carbocycles. The highest BCUT2D eigenvalue weighted by Gasteiger charge is 1.97. The first-order valence-electron chi connectivity index (χ1n) is 3.99. The lowest BCUT2D eigenvalue weighted by molar-refractivity contribution is 0.0696. The Morgan fingerprint density at radius 3 is 1.93 bits per heavy atom. The number of nitrogens with zero attached hydrogens (tertiary/aromatic N) is 4. The fourth-order valence-corrected chi connectivity index (χ4v) is 0.694. The molecule has 15 heavy (non-hydrogen) atoms. The molecule has 0 unspecified atom stereocenters. The molecular weight excluding hydrogens is 196 g/mol. The van der Waals surface area contributed by atoms with Crippen LogP contribution in [0.2, 0.25) is 0 Å². The Balaban J connectivity index is 0.000000162. The van der Waals surface area contributed by atoms with E-state index in [0.717, 1.165) is 0 Å². The number of carboxylic acids is 1. The van der Waals surface area contributed by atoms with Gasteiger partial charge in [0, 0.05) is 12.4 Å². The van der Waals surface area contributed by atoms with Crippen LogP contribution in [-0.4, -0.2) is 31.0 Å². The molecule has 0 saturated heterocycles. The highest BCUT2D eigenvalue weighted by Crippen LogP contribution is 1.92. The van der Waals surface area contributed by atoms with Crippen molar-refractivity contribution in [2.45, 2.75) is 0 Å². The quantitative estimate of drug-likeness (QED) is 0.733. The predicted molar refractivity (Wildman–Crippen MR) is 51.0 cm³/mol. The summed E-state index contributed by atoms with van der Waals surface area (Å²) in [6, 6.07) is 3.08. The molecule has 76 valence electrons. The van der Waals surface area contributed by atoms with Gasteiger partial charge in [-0.3, -0.25) is 4.98 Å². The Kier molecular flexibility index (Phi) is 4.38. The Morgan fingerprint density at radius 2 is 1.67 bits per heavy atom. The molecule has 0 amide bonds. The average molecular weight is 204 g/mol. The molecule has 0 aliphatic carbocycles. The standard InChI is InChI=1S/C6H5NO2.C3H3N3/c8-6(9)5-2-1-3-7-4-5;1-4-2-6-3-5-1/h1-4H,(H,8,9);1-3H. The number of aromatic carboxylic acids is 1. The fourth-order valence-electron chi connectivity index (χ4n) is 0.694. The van der Waals surface area contributed by atoms with Crippen LogP contribution < -0.4 is 0 Å². The summed E-state index contributed by atoms with van der Waals surface area (Å²) in [5.74, 6) is -0.942. The first-order valence-corrected chi connectivity index (χ1v) is 3.99. The predicted octanol–water partition coefficient (Wildman–Crippen LogP) is 0.651. The molecule has 0 bridgehead atoms. The Labute approximate surface area is 85.7 Å². The van der Waals surface area contributed by atoms with Crippen molar-refractivity contribution in [3.63, 3.8) is 0 Å². The van der Waals surface area contributed by atoms with Gasteiger partial charge in [0.05, 0.1) is 5.56 Å². The molecule has 6 nitrogen and oxygen atoms in total. The van der Waals surface area contributed by atoms with Crippen LogP contribution in [0.15, 0.2) is 43.5 Å². The van der Waals surface area contributed by atoms with Gasteiger partial charge in [0.1, 0.15) is 19.0 Å². The molecule has 0 aliphatic rings. The molecule has 0 aliphatic heterocycles. The van der Waals surface area contributed by atoms with Crippen molar-refractivity contribution in [2.75, 3.05) is 0 Å². The summed E-state index contributed by atoms with van der Waals surface area (Å²) in [5.41, 5.74) is 0.220. The van der Waals surface area contributed by atoms with E-state index >= 15 is 0 Å². The van der Waals surface area contributed by atoms with E-state index in [4.69, 9.17) is 5.11 Å². The third-order valence-corrected chi connectivity index (χ3v) is 1.31. The van der Waals surface area contributed by atoms with Gasteiger partial charge in [0.2, 0.25) is 0 Å². The van der Waals surface area contributed by atoms with Crippen molar-refractivity contribution in [1.29, 1.82) is 0 Å². The summed E-state index contributed by atoms with van der Waals surface area (Å²) in [6.07, 6.45) is 7.15. The van der Waals surface area contributed by atoms with Crippen LogP contribution in [0.25, 0.3) is 0 Å². The lowest BCUT2D eigenvalue weighted by Gasteiger charge is -1.87. The van der Waals surface area contributed by atoms with Crippen molar-refractivity contribution in [3.05, 3.63) is 49.1 Å². The minimum atomic E-state index is -0.942. The number of hydrogen-bond acceptors (Lipinski definition) is 5. The molecule has 6 heteroatoms. The summed E-state index contributed by atoms with van der Waals surface area (Å²) in [6.45, 7) is 0. The Morgan fingerprint density at radius 1 is 1.07 bits per heavy atom. The zero-order chi connectivity index (χ0) is 10.9. The molecular formula is C9H8N4O2. The minimum absolute atomic E-state index is 0.220. The van der Waals surface area contributed by atoms with Gasteiger partial charge in [-0.25, -0.2) is 19.7 Å². The summed E-state index contributed by atoms with van der Waals surface area (Å²) < 4.78 is 0. The Bertz CT molecular complexity index is 367. The van der Waals surface area contributed by atoms with Crippen molar-refractivity contribution in [1.82, 2.24) is 19.9 Å². The van der Waals surface area contributed by atoms with Crippen LogP contribution in [0.3, 0.4) is 0 Å². The molecule has 2 aromatic rings. The van der Waals surface area contributed by atoms with E-state index in [1.54, 1.807) is 6.07 Å². The first-order chi connectivity index (χ1) is 7.30. The first kappa shape index (κ1) is 10.7. The summed E-state index contributed by atoms with van der Waals surface area (Å²) in [4.78, 5) is 24.5. The second-order valence-corrected chi connectivity index (χ2v) is 2.34. The van der Waals surface area contributed by atoms with Crippen LogP contribution in [0, 0.1) is 0 Å². The maximum absolute atomic E-state index is 10.2. The molecule has 2 aromatic heterocycles. The zero-order valence-electron chi connectivity index (χ0n) is 7.69. The summed E-state index contributed by atoms with van der Waals surface area (Å²) >= 11 is 0. The second-order valence-electron chi connectivity index (χ2n) is 2.34. The summed E-state index contributed by atoms with van der Waals surface area (Å²) in [7, 11) is 0. The largest absolute Gasteiger partial charge is 0.478 e. The molecule has 0 fully saturated rings. The third-order valence-electron chi connectivity index (χ3n) is 1.31. The minimum Gasteiger partial charge on any atom is -0.478 e. The molecule has 0 aromatic carbocycles. The van der Waals surface area contributed by atoms with Gasteiger partial charge in [0.15, 0.2) is 0 Å². The molecule has 2 heterocycles. The number of carboxylic acid groups (broad SMARTS) is 1. The van der Waals surface area contributed by atoms with Crippen LogP contribution >= 0.6 is 0 Å². The Hall–Kier alpha value is -2.37. The van der Waals surface area contributed by atoms with Gasteiger partial charge < -0.3 is 5.11 Å². The van der Waals surface area contributed by atoms with E-state index in [0.29, 0.717) is 0 Å².